The van der Waals surface area contributed by atoms with Crippen molar-refractivity contribution in [3.05, 3.63) is 78.2 Å². The van der Waals surface area contributed by atoms with Crippen molar-refractivity contribution in [2.45, 2.75) is 46.5 Å². The third-order valence-electron chi connectivity index (χ3n) is 4.49. The molecule has 0 unspecified atom stereocenters. The summed E-state index contributed by atoms with van der Waals surface area (Å²) in [6.07, 6.45) is 14.7. The number of hydrogen-bond acceptors (Lipinski definition) is 2. The maximum absolute atomic E-state index is 4.90. The van der Waals surface area contributed by atoms with E-state index in [0.29, 0.717) is 0 Å². The van der Waals surface area contributed by atoms with Gasteiger partial charge < -0.3 is 0 Å². The Balaban J connectivity index is 2.49. The number of pyridine rings is 1. The second kappa shape index (κ2) is 9.12. The molecule has 0 fully saturated rings. The fourth-order valence-corrected chi connectivity index (χ4v) is 3.02. The molecular weight excluding hydrogens is 304 g/mol. The summed E-state index contributed by atoms with van der Waals surface area (Å²) in [6, 6.07) is 4.12. The predicted molar refractivity (Wildman–Crippen MR) is 111 cm³/mol. The van der Waals surface area contributed by atoms with Crippen molar-refractivity contribution in [3.8, 4) is 0 Å². The zero-order valence-electron chi connectivity index (χ0n) is 15.7. The highest BCUT2D eigenvalue weighted by molar-refractivity contribution is 6.01. The Morgan fingerprint density at radius 1 is 1.24 bits per heavy atom. The van der Waals surface area contributed by atoms with Crippen molar-refractivity contribution in [1.29, 1.82) is 0 Å². The van der Waals surface area contributed by atoms with E-state index in [2.05, 4.69) is 39.1 Å². The molecule has 0 aliphatic heterocycles. The lowest BCUT2D eigenvalue weighted by atomic mass is 9.96. The first-order valence-corrected chi connectivity index (χ1v) is 8.95. The summed E-state index contributed by atoms with van der Waals surface area (Å²) in [5, 5.41) is 0. The van der Waals surface area contributed by atoms with Gasteiger partial charge in [0, 0.05) is 5.71 Å². The van der Waals surface area contributed by atoms with E-state index in [1.54, 1.807) is 6.08 Å². The average Bonchev–Trinajstić information content (AvgIpc) is 2.64. The summed E-state index contributed by atoms with van der Waals surface area (Å²) in [4.78, 5) is 9.75. The first-order chi connectivity index (χ1) is 12.1. The third kappa shape index (κ3) is 4.76. The van der Waals surface area contributed by atoms with Gasteiger partial charge in [0.25, 0.3) is 0 Å². The van der Waals surface area contributed by atoms with Crippen LogP contribution in [0.25, 0.3) is 11.3 Å². The van der Waals surface area contributed by atoms with Crippen molar-refractivity contribution in [3.63, 3.8) is 0 Å². The number of allylic oxidation sites excluding steroid dienone is 7. The molecule has 25 heavy (non-hydrogen) atoms. The van der Waals surface area contributed by atoms with Gasteiger partial charge in [0.1, 0.15) is 0 Å². The molecule has 1 aromatic heterocycles. The summed E-state index contributed by atoms with van der Waals surface area (Å²) in [7, 11) is 0. The highest BCUT2D eigenvalue weighted by Gasteiger charge is 2.11. The monoisotopic (exact) mass is 332 g/mol. The van der Waals surface area contributed by atoms with Gasteiger partial charge in [-0.2, -0.15) is 0 Å². The number of hydrogen-bond donors (Lipinski definition) is 0. The molecule has 2 rings (SSSR count). The molecule has 1 aliphatic carbocycles. The van der Waals surface area contributed by atoms with Gasteiger partial charge in [-0.1, -0.05) is 43.5 Å². The van der Waals surface area contributed by atoms with Crippen LogP contribution < -0.4 is 0 Å². The lowest BCUT2D eigenvalue weighted by Crippen LogP contribution is -2.04. The number of aliphatic imine (C=N–C) groups is 1. The number of nitrogens with zero attached hydrogens (tertiary/aromatic N) is 2. The Hall–Kier alpha value is -2.48. The SMILES string of the molecule is C=C/C=C(\N=C(/C)C1=CCCCC1)c1nc(/C(C=C)=C/C)ccc1C. The first kappa shape index (κ1) is 18.9. The topological polar surface area (TPSA) is 25.2 Å². The van der Waals surface area contributed by atoms with Crippen LogP contribution in [0.5, 0.6) is 0 Å². The maximum atomic E-state index is 4.90. The van der Waals surface area contributed by atoms with E-state index >= 15 is 0 Å². The van der Waals surface area contributed by atoms with Gasteiger partial charge in [0.05, 0.1) is 17.1 Å². The first-order valence-electron chi connectivity index (χ1n) is 8.95. The highest BCUT2D eigenvalue weighted by atomic mass is 14.8. The third-order valence-corrected chi connectivity index (χ3v) is 4.49. The molecule has 0 N–H and O–H groups in total. The van der Waals surface area contributed by atoms with Crippen LogP contribution in [0.2, 0.25) is 0 Å². The van der Waals surface area contributed by atoms with E-state index in [1.165, 1.54) is 18.4 Å². The predicted octanol–water partition coefficient (Wildman–Crippen LogP) is 6.47. The molecule has 0 atom stereocenters. The normalized spacial score (nSPS) is 16.4. The Morgan fingerprint density at radius 3 is 2.64 bits per heavy atom. The van der Waals surface area contributed by atoms with Crippen molar-refractivity contribution in [2.75, 3.05) is 0 Å². The van der Waals surface area contributed by atoms with E-state index in [1.807, 2.05) is 31.2 Å². The molecule has 0 bridgehead atoms. The summed E-state index contributed by atoms with van der Waals surface area (Å²) < 4.78 is 0. The molecule has 1 aromatic rings. The van der Waals surface area contributed by atoms with Gasteiger partial charge in [-0.25, -0.2) is 4.98 Å². The highest BCUT2D eigenvalue weighted by Crippen LogP contribution is 2.25. The van der Waals surface area contributed by atoms with Crippen LogP contribution in [-0.2, 0) is 0 Å². The van der Waals surface area contributed by atoms with Crippen molar-refractivity contribution in [1.82, 2.24) is 4.98 Å². The van der Waals surface area contributed by atoms with Gasteiger partial charge in [0.2, 0.25) is 0 Å². The molecule has 0 aromatic carbocycles. The maximum Gasteiger partial charge on any atom is 0.0922 e. The Morgan fingerprint density at radius 2 is 2.04 bits per heavy atom. The minimum Gasteiger partial charge on any atom is -0.251 e. The van der Waals surface area contributed by atoms with Crippen LogP contribution in [0.4, 0.5) is 0 Å². The molecule has 0 radical (unpaired) electrons. The van der Waals surface area contributed by atoms with Crippen LogP contribution in [0.3, 0.4) is 0 Å². The molecule has 2 heteroatoms. The lowest BCUT2D eigenvalue weighted by Gasteiger charge is -2.14. The van der Waals surface area contributed by atoms with Crippen LogP contribution in [-0.4, -0.2) is 10.7 Å². The summed E-state index contributed by atoms with van der Waals surface area (Å²) in [5.41, 5.74) is 7.23. The molecule has 130 valence electrons. The number of aromatic nitrogens is 1. The van der Waals surface area contributed by atoms with Crippen LogP contribution in [0.1, 0.15) is 56.5 Å². The Kier molecular flexibility index (Phi) is 6.88. The summed E-state index contributed by atoms with van der Waals surface area (Å²) >= 11 is 0. The Bertz CT molecular complexity index is 773. The quantitative estimate of drug-likeness (QED) is 0.433. The van der Waals surface area contributed by atoms with Crippen LogP contribution in [0, 0.1) is 6.92 Å². The average molecular weight is 332 g/mol. The van der Waals surface area contributed by atoms with E-state index < -0.39 is 0 Å². The van der Waals surface area contributed by atoms with Crippen molar-refractivity contribution in [2.24, 2.45) is 4.99 Å². The van der Waals surface area contributed by atoms with E-state index in [-0.39, 0.29) is 0 Å². The van der Waals surface area contributed by atoms with Gasteiger partial charge in [-0.05, 0) is 75.3 Å². The van der Waals surface area contributed by atoms with E-state index in [0.717, 1.165) is 46.8 Å². The smallest absolute Gasteiger partial charge is 0.0922 e. The molecule has 0 spiro atoms. The number of aryl methyl sites for hydroxylation is 1. The molecule has 0 saturated heterocycles. The molecule has 2 nitrogen and oxygen atoms in total. The van der Waals surface area contributed by atoms with Crippen molar-refractivity contribution < 1.29 is 0 Å². The fraction of sp³-hybridized carbons (Fsp3) is 0.304. The minimum absolute atomic E-state index is 0.859. The van der Waals surface area contributed by atoms with E-state index in [4.69, 9.17) is 9.98 Å². The molecule has 1 heterocycles. The fourth-order valence-electron chi connectivity index (χ4n) is 3.02. The van der Waals surface area contributed by atoms with Gasteiger partial charge in [-0.3, -0.25) is 4.99 Å². The second-order valence-electron chi connectivity index (χ2n) is 6.27. The van der Waals surface area contributed by atoms with Crippen LogP contribution >= 0.6 is 0 Å². The van der Waals surface area contributed by atoms with Gasteiger partial charge in [-0.15, -0.1) is 0 Å². The summed E-state index contributed by atoms with van der Waals surface area (Å²) in [6.45, 7) is 13.9. The standard InChI is InChI=1S/C23H28N2/c1-6-12-22(24-18(5)20-13-10-9-11-14-20)23-17(4)15-16-21(25-23)19(7-2)8-3/h6-8,12-13,15-16H,1-2,9-11,14H2,3-5H3/b19-8+,22-12-,24-18+. The molecular formula is C23H28N2. The largest absolute Gasteiger partial charge is 0.251 e. The zero-order chi connectivity index (χ0) is 18.2. The van der Waals surface area contributed by atoms with Crippen molar-refractivity contribution >= 4 is 17.0 Å². The number of rotatable bonds is 6. The van der Waals surface area contributed by atoms with E-state index in [9.17, 15) is 0 Å². The minimum atomic E-state index is 0.859. The van der Waals surface area contributed by atoms with Crippen LogP contribution in [0.15, 0.2) is 66.2 Å². The van der Waals surface area contributed by atoms with Gasteiger partial charge >= 0.3 is 0 Å². The molecule has 0 saturated carbocycles. The Labute approximate surface area is 152 Å². The molecule has 0 amide bonds. The lowest BCUT2D eigenvalue weighted by molar-refractivity contribution is 0.717. The van der Waals surface area contributed by atoms with Gasteiger partial charge in [0.15, 0.2) is 0 Å². The summed E-state index contributed by atoms with van der Waals surface area (Å²) in [5.74, 6) is 0. The molecule has 1 aliphatic rings. The zero-order valence-corrected chi connectivity index (χ0v) is 15.7. The second-order valence-corrected chi connectivity index (χ2v) is 6.27.